The van der Waals surface area contributed by atoms with Gasteiger partial charge >= 0.3 is 0 Å². The monoisotopic (exact) mass is 142 g/mol. The number of rotatable bonds is 1. The molecule has 0 radical (unpaired) electrons. The van der Waals surface area contributed by atoms with Crippen LogP contribution in [0.25, 0.3) is 0 Å². The van der Waals surface area contributed by atoms with E-state index in [1.165, 1.54) is 13.1 Å². The predicted octanol–water partition coefficient (Wildman–Crippen LogP) is 0.689. The Balaban J connectivity index is 2.38. The molecule has 1 heterocycles. The molecule has 1 aliphatic heterocycles. The van der Waals surface area contributed by atoms with E-state index in [4.69, 9.17) is 0 Å². The maximum Gasteiger partial charge on any atom is 0.0193 e. The molecule has 0 saturated carbocycles. The van der Waals surface area contributed by atoms with E-state index < -0.39 is 0 Å². The molecule has 0 spiro atoms. The van der Waals surface area contributed by atoms with Gasteiger partial charge in [-0.05, 0) is 20.4 Å². The summed E-state index contributed by atoms with van der Waals surface area (Å²) in [5, 5.41) is 3.45. The van der Waals surface area contributed by atoms with E-state index in [0.29, 0.717) is 6.04 Å². The van der Waals surface area contributed by atoms with Crippen LogP contribution in [0.15, 0.2) is 0 Å². The Kier molecular flexibility index (Phi) is 2.69. The van der Waals surface area contributed by atoms with E-state index in [1.807, 2.05) is 0 Å². The Bertz CT molecular complexity index is 103. The first-order valence-corrected chi connectivity index (χ1v) is 4.21. The van der Waals surface area contributed by atoms with Crippen molar-refractivity contribution in [2.75, 3.05) is 19.6 Å². The molecule has 0 aromatic heterocycles. The third kappa shape index (κ3) is 1.70. The molecular formula is C8H18N2. The lowest BCUT2D eigenvalue weighted by Gasteiger charge is -2.36. The summed E-state index contributed by atoms with van der Waals surface area (Å²) in [5.41, 5.74) is 0. The molecule has 2 nitrogen and oxygen atoms in total. The number of hydrogen-bond donors (Lipinski definition) is 1. The molecule has 0 unspecified atom stereocenters. The van der Waals surface area contributed by atoms with Crippen molar-refractivity contribution in [2.45, 2.75) is 32.9 Å². The smallest absolute Gasteiger partial charge is 0.0193 e. The van der Waals surface area contributed by atoms with Crippen LogP contribution in [-0.2, 0) is 0 Å². The molecule has 1 aliphatic rings. The van der Waals surface area contributed by atoms with Gasteiger partial charge < -0.3 is 5.32 Å². The highest BCUT2D eigenvalue weighted by molar-refractivity contribution is 4.79. The van der Waals surface area contributed by atoms with Crippen molar-refractivity contribution in [2.24, 2.45) is 0 Å². The van der Waals surface area contributed by atoms with Crippen molar-refractivity contribution in [3.05, 3.63) is 0 Å². The Labute approximate surface area is 63.6 Å². The van der Waals surface area contributed by atoms with Crippen LogP contribution in [-0.4, -0.2) is 36.6 Å². The number of nitrogens with one attached hydrogen (secondary N) is 1. The van der Waals surface area contributed by atoms with Gasteiger partial charge in [-0.15, -0.1) is 0 Å². The zero-order valence-corrected chi connectivity index (χ0v) is 7.22. The van der Waals surface area contributed by atoms with Crippen LogP contribution < -0.4 is 5.32 Å². The molecule has 10 heavy (non-hydrogen) atoms. The van der Waals surface area contributed by atoms with Crippen LogP contribution in [0.1, 0.15) is 20.8 Å². The minimum Gasteiger partial charge on any atom is -0.311 e. The molecule has 2 atom stereocenters. The molecule has 0 amide bonds. The van der Waals surface area contributed by atoms with Gasteiger partial charge in [0.2, 0.25) is 0 Å². The highest BCUT2D eigenvalue weighted by atomic mass is 15.2. The van der Waals surface area contributed by atoms with Crippen LogP contribution >= 0.6 is 0 Å². The van der Waals surface area contributed by atoms with Gasteiger partial charge in [-0.1, -0.05) is 6.92 Å². The molecule has 0 bridgehead atoms. The standard InChI is InChI=1S/C8H18N2/c1-4-10-6-7(2)9-5-8(10)3/h7-9H,4-6H2,1-3H3/t7-,8+/m0/s1. The van der Waals surface area contributed by atoms with Crippen LogP contribution in [0.2, 0.25) is 0 Å². The molecule has 1 saturated heterocycles. The largest absolute Gasteiger partial charge is 0.311 e. The molecule has 0 aromatic rings. The minimum atomic E-state index is 0.677. The lowest BCUT2D eigenvalue weighted by Crippen LogP contribution is -2.53. The van der Waals surface area contributed by atoms with Crippen molar-refractivity contribution in [3.8, 4) is 0 Å². The zero-order valence-electron chi connectivity index (χ0n) is 7.22. The van der Waals surface area contributed by atoms with Gasteiger partial charge in [0.1, 0.15) is 0 Å². The van der Waals surface area contributed by atoms with Gasteiger partial charge in [0.15, 0.2) is 0 Å². The van der Waals surface area contributed by atoms with Crippen LogP contribution in [0, 0.1) is 0 Å². The summed E-state index contributed by atoms with van der Waals surface area (Å²) >= 11 is 0. The molecule has 0 aromatic carbocycles. The van der Waals surface area contributed by atoms with Gasteiger partial charge in [0, 0.05) is 25.2 Å². The molecule has 1 fully saturated rings. The minimum absolute atomic E-state index is 0.677. The van der Waals surface area contributed by atoms with Crippen LogP contribution in [0.4, 0.5) is 0 Å². The summed E-state index contributed by atoms with van der Waals surface area (Å²) < 4.78 is 0. The van der Waals surface area contributed by atoms with Gasteiger partial charge in [0.05, 0.1) is 0 Å². The topological polar surface area (TPSA) is 15.3 Å². The Morgan fingerprint density at radius 1 is 1.50 bits per heavy atom. The quantitative estimate of drug-likeness (QED) is 0.579. The zero-order chi connectivity index (χ0) is 7.56. The maximum absolute atomic E-state index is 3.45. The third-order valence-corrected chi connectivity index (χ3v) is 2.30. The maximum atomic E-state index is 3.45. The summed E-state index contributed by atoms with van der Waals surface area (Å²) in [5.74, 6) is 0. The summed E-state index contributed by atoms with van der Waals surface area (Å²) in [6.45, 7) is 10.3. The Hall–Kier alpha value is -0.0800. The van der Waals surface area contributed by atoms with E-state index in [9.17, 15) is 0 Å². The first-order valence-electron chi connectivity index (χ1n) is 4.21. The molecular weight excluding hydrogens is 124 g/mol. The van der Waals surface area contributed by atoms with Crippen molar-refractivity contribution in [1.29, 1.82) is 0 Å². The lowest BCUT2D eigenvalue weighted by molar-refractivity contribution is 0.154. The van der Waals surface area contributed by atoms with E-state index in [-0.39, 0.29) is 0 Å². The average molecular weight is 142 g/mol. The van der Waals surface area contributed by atoms with Crippen LogP contribution in [0.5, 0.6) is 0 Å². The van der Waals surface area contributed by atoms with Crippen molar-refractivity contribution >= 4 is 0 Å². The van der Waals surface area contributed by atoms with Crippen molar-refractivity contribution < 1.29 is 0 Å². The third-order valence-electron chi connectivity index (χ3n) is 2.30. The number of nitrogens with zero attached hydrogens (tertiary/aromatic N) is 1. The average Bonchev–Trinajstić information content (AvgIpc) is 1.94. The second-order valence-corrected chi connectivity index (χ2v) is 3.25. The molecule has 60 valence electrons. The number of hydrogen-bond acceptors (Lipinski definition) is 2. The number of likely N-dealkylation sites (N-methyl/N-ethyl adjacent to an activating group) is 1. The highest BCUT2D eigenvalue weighted by Gasteiger charge is 2.19. The fraction of sp³-hybridized carbons (Fsp3) is 1.00. The molecule has 1 N–H and O–H groups in total. The molecule has 0 aliphatic carbocycles. The predicted molar refractivity (Wildman–Crippen MR) is 44.2 cm³/mol. The Morgan fingerprint density at radius 3 is 2.70 bits per heavy atom. The Morgan fingerprint density at radius 2 is 2.20 bits per heavy atom. The summed E-state index contributed by atoms with van der Waals surface area (Å²) in [4.78, 5) is 2.52. The van der Waals surface area contributed by atoms with E-state index in [2.05, 4.69) is 31.0 Å². The van der Waals surface area contributed by atoms with Gasteiger partial charge in [-0.25, -0.2) is 0 Å². The summed E-state index contributed by atoms with van der Waals surface area (Å²) in [6.07, 6.45) is 0. The second-order valence-electron chi connectivity index (χ2n) is 3.25. The fourth-order valence-electron chi connectivity index (χ4n) is 1.54. The second kappa shape index (κ2) is 3.35. The van der Waals surface area contributed by atoms with Crippen LogP contribution in [0.3, 0.4) is 0 Å². The summed E-state index contributed by atoms with van der Waals surface area (Å²) in [7, 11) is 0. The normalized spacial score (nSPS) is 36.3. The van der Waals surface area contributed by atoms with E-state index >= 15 is 0 Å². The van der Waals surface area contributed by atoms with Gasteiger partial charge in [-0.2, -0.15) is 0 Å². The number of piperazine rings is 1. The van der Waals surface area contributed by atoms with Crippen molar-refractivity contribution in [3.63, 3.8) is 0 Å². The summed E-state index contributed by atoms with van der Waals surface area (Å²) in [6, 6.07) is 1.40. The van der Waals surface area contributed by atoms with E-state index in [0.717, 1.165) is 12.6 Å². The first-order chi connectivity index (χ1) is 4.74. The van der Waals surface area contributed by atoms with Gasteiger partial charge in [0.25, 0.3) is 0 Å². The highest BCUT2D eigenvalue weighted by Crippen LogP contribution is 2.04. The SMILES string of the molecule is CCN1C[C@H](C)NC[C@H]1C. The molecule has 1 rings (SSSR count). The van der Waals surface area contributed by atoms with Crippen molar-refractivity contribution in [1.82, 2.24) is 10.2 Å². The van der Waals surface area contributed by atoms with E-state index in [1.54, 1.807) is 0 Å². The molecule has 2 heteroatoms. The lowest BCUT2D eigenvalue weighted by atomic mass is 10.1. The fourth-order valence-corrected chi connectivity index (χ4v) is 1.54. The first kappa shape index (κ1) is 8.02. The van der Waals surface area contributed by atoms with Gasteiger partial charge in [-0.3, -0.25) is 4.90 Å².